The van der Waals surface area contributed by atoms with Gasteiger partial charge in [0, 0.05) is 19.5 Å². The molecule has 0 unspecified atom stereocenters. The van der Waals surface area contributed by atoms with Crippen molar-refractivity contribution in [3.05, 3.63) is 57.3 Å². The van der Waals surface area contributed by atoms with Gasteiger partial charge < -0.3 is 15.7 Å². The van der Waals surface area contributed by atoms with Crippen LogP contribution in [0, 0.1) is 13.8 Å². The van der Waals surface area contributed by atoms with Gasteiger partial charge >= 0.3 is 5.97 Å². The molecule has 3 rings (SSSR count). The minimum Gasteiger partial charge on any atom is -0.480 e. The smallest absolute Gasteiger partial charge is 0.317 e. The first-order chi connectivity index (χ1) is 14.0. The van der Waals surface area contributed by atoms with Crippen molar-refractivity contribution in [2.45, 2.75) is 26.7 Å². The van der Waals surface area contributed by atoms with Gasteiger partial charge in [-0.1, -0.05) is 24.3 Å². The third kappa shape index (κ3) is 5.76. The molecule has 0 aliphatic rings. The van der Waals surface area contributed by atoms with Crippen molar-refractivity contribution in [3.8, 4) is 20.9 Å². The number of carboxylic acid groups (broad SMARTS) is 1. The number of likely N-dealkylation sites (N-methyl/N-ethyl adjacent to an activating group) is 1. The second-order valence-electron chi connectivity index (χ2n) is 7.17. The van der Waals surface area contributed by atoms with Crippen LogP contribution in [0.3, 0.4) is 0 Å². The number of aryl methyl sites for hydroxylation is 2. The Hall–Kier alpha value is -1.99. The van der Waals surface area contributed by atoms with Crippen LogP contribution in [0.2, 0.25) is 0 Å². The van der Waals surface area contributed by atoms with Gasteiger partial charge in [-0.15, -0.1) is 22.7 Å². The molecule has 0 saturated heterocycles. The number of rotatable bonds is 10. The lowest BCUT2D eigenvalue weighted by molar-refractivity contribution is -0.135. The van der Waals surface area contributed by atoms with Crippen molar-refractivity contribution in [3.63, 3.8) is 0 Å². The van der Waals surface area contributed by atoms with E-state index in [0.717, 1.165) is 19.4 Å². The largest absolute Gasteiger partial charge is 0.480 e. The van der Waals surface area contributed by atoms with Gasteiger partial charge in [0.15, 0.2) is 0 Å². The fourth-order valence-electron chi connectivity index (χ4n) is 3.44. The summed E-state index contributed by atoms with van der Waals surface area (Å²) in [6.45, 7) is 5.94. The minimum atomic E-state index is -0.819. The first-order valence-electron chi connectivity index (χ1n) is 9.84. The molecule has 154 valence electrons. The fraction of sp³-hybridized carbons (Fsp3) is 0.348. The maximum atomic E-state index is 10.7. The number of nitrogens with one attached hydrogen (secondary N) is 2. The Kier molecular flexibility index (Phi) is 7.61. The standard InChI is InChI=1S/C23H28N2O2S2/c1-15-12-19(8-10-24-3)22(28-15)17-4-6-18(7-5-17)23-20(13-16(2)29-23)9-11-25-14-21(26)27/h4-7,12-13,24-25H,8-11,14H2,1-3H3,(H,26,27). The van der Waals surface area contributed by atoms with Crippen molar-refractivity contribution in [1.29, 1.82) is 0 Å². The normalized spacial score (nSPS) is 11.1. The highest BCUT2D eigenvalue weighted by atomic mass is 32.1. The molecule has 3 N–H and O–H groups in total. The van der Waals surface area contributed by atoms with Crippen molar-refractivity contribution >= 4 is 28.6 Å². The molecule has 0 fully saturated rings. The molecule has 29 heavy (non-hydrogen) atoms. The zero-order chi connectivity index (χ0) is 20.8. The van der Waals surface area contributed by atoms with E-state index < -0.39 is 5.97 Å². The van der Waals surface area contributed by atoms with Crippen molar-refractivity contribution in [1.82, 2.24) is 10.6 Å². The highest BCUT2D eigenvalue weighted by molar-refractivity contribution is 7.16. The quantitative estimate of drug-likeness (QED) is 0.408. The number of benzene rings is 1. The SMILES string of the molecule is CNCCc1cc(C)sc1-c1ccc(-c2sc(C)cc2CCNCC(=O)O)cc1. The summed E-state index contributed by atoms with van der Waals surface area (Å²) in [6.07, 6.45) is 1.86. The molecule has 2 aromatic heterocycles. The summed E-state index contributed by atoms with van der Waals surface area (Å²) in [7, 11) is 1.99. The van der Waals surface area contributed by atoms with Crippen LogP contribution in [0.25, 0.3) is 20.9 Å². The maximum absolute atomic E-state index is 10.7. The van der Waals surface area contributed by atoms with E-state index >= 15 is 0 Å². The Labute approximate surface area is 180 Å². The van der Waals surface area contributed by atoms with Gasteiger partial charge in [0.2, 0.25) is 0 Å². The summed E-state index contributed by atoms with van der Waals surface area (Å²) in [5.74, 6) is -0.819. The van der Waals surface area contributed by atoms with E-state index in [1.807, 2.05) is 18.4 Å². The second kappa shape index (κ2) is 10.2. The molecule has 0 bridgehead atoms. The Balaban J connectivity index is 1.78. The fourth-order valence-corrected chi connectivity index (χ4v) is 5.58. The Morgan fingerprint density at radius 1 is 0.897 bits per heavy atom. The summed E-state index contributed by atoms with van der Waals surface area (Å²) in [5.41, 5.74) is 5.19. The van der Waals surface area contributed by atoms with Crippen molar-refractivity contribution in [2.75, 3.05) is 26.7 Å². The summed E-state index contributed by atoms with van der Waals surface area (Å²) in [5, 5.41) is 15.0. The van der Waals surface area contributed by atoms with Gasteiger partial charge in [-0.25, -0.2) is 0 Å². The maximum Gasteiger partial charge on any atom is 0.317 e. The Morgan fingerprint density at radius 2 is 1.38 bits per heavy atom. The van der Waals surface area contributed by atoms with Crippen LogP contribution in [0.4, 0.5) is 0 Å². The van der Waals surface area contributed by atoms with Crippen LogP contribution in [0.1, 0.15) is 20.9 Å². The average molecular weight is 429 g/mol. The lowest BCUT2D eigenvalue weighted by Crippen LogP contribution is -2.24. The van der Waals surface area contributed by atoms with E-state index in [9.17, 15) is 4.79 Å². The first-order valence-corrected chi connectivity index (χ1v) is 11.5. The van der Waals surface area contributed by atoms with Gasteiger partial charge in [-0.2, -0.15) is 0 Å². The monoisotopic (exact) mass is 428 g/mol. The molecule has 3 aromatic rings. The number of thiophene rings is 2. The van der Waals surface area contributed by atoms with Crippen LogP contribution in [0.15, 0.2) is 36.4 Å². The zero-order valence-corrected chi connectivity index (χ0v) is 18.8. The van der Waals surface area contributed by atoms with Crippen LogP contribution in [-0.4, -0.2) is 37.8 Å². The molecule has 0 aliphatic heterocycles. The third-order valence-corrected chi connectivity index (χ3v) is 7.05. The number of aliphatic carboxylic acids is 1. The van der Waals surface area contributed by atoms with Gasteiger partial charge in [-0.3, -0.25) is 4.79 Å². The molecule has 0 radical (unpaired) electrons. The molecule has 0 aliphatic carbocycles. The van der Waals surface area contributed by atoms with Gasteiger partial charge in [0.25, 0.3) is 0 Å². The Morgan fingerprint density at radius 3 is 1.83 bits per heavy atom. The molecule has 0 amide bonds. The summed E-state index contributed by atoms with van der Waals surface area (Å²) in [6, 6.07) is 13.4. The number of carboxylic acids is 1. The summed E-state index contributed by atoms with van der Waals surface area (Å²) >= 11 is 3.66. The predicted octanol–water partition coefficient (Wildman–Crippen LogP) is 4.74. The second-order valence-corrected chi connectivity index (χ2v) is 9.69. The molecule has 6 heteroatoms. The number of carbonyl (C=O) groups is 1. The molecule has 1 aromatic carbocycles. The van der Waals surface area contributed by atoms with Gasteiger partial charge in [0.05, 0.1) is 6.54 Å². The minimum absolute atomic E-state index is 0.00324. The molecule has 0 atom stereocenters. The van der Waals surface area contributed by atoms with Crippen molar-refractivity contribution < 1.29 is 9.90 Å². The highest BCUT2D eigenvalue weighted by Gasteiger charge is 2.12. The Bertz CT molecular complexity index is 958. The third-order valence-electron chi connectivity index (χ3n) is 4.77. The predicted molar refractivity (Wildman–Crippen MR) is 124 cm³/mol. The lowest BCUT2D eigenvalue weighted by atomic mass is 10.0. The van der Waals surface area contributed by atoms with Gasteiger partial charge in [-0.05, 0) is 81.2 Å². The van der Waals surface area contributed by atoms with Crippen LogP contribution >= 0.6 is 22.7 Å². The van der Waals surface area contributed by atoms with E-state index in [1.54, 1.807) is 11.3 Å². The number of hydrogen-bond donors (Lipinski definition) is 3. The van der Waals surface area contributed by atoms with E-state index in [4.69, 9.17) is 5.11 Å². The van der Waals surface area contributed by atoms with E-state index in [-0.39, 0.29) is 6.54 Å². The van der Waals surface area contributed by atoms with E-state index in [1.165, 1.54) is 41.8 Å². The molecule has 0 spiro atoms. The van der Waals surface area contributed by atoms with Crippen LogP contribution in [-0.2, 0) is 17.6 Å². The average Bonchev–Trinajstić information content (AvgIpc) is 3.25. The first kappa shape index (κ1) is 21.7. The summed E-state index contributed by atoms with van der Waals surface area (Å²) < 4.78 is 0. The van der Waals surface area contributed by atoms with E-state index in [2.05, 4.69) is 60.9 Å². The van der Waals surface area contributed by atoms with E-state index in [0.29, 0.717) is 6.54 Å². The van der Waals surface area contributed by atoms with Gasteiger partial charge in [0.1, 0.15) is 0 Å². The molecule has 0 saturated carbocycles. The summed E-state index contributed by atoms with van der Waals surface area (Å²) in [4.78, 5) is 15.9. The number of hydrogen-bond acceptors (Lipinski definition) is 5. The molecular formula is C23H28N2O2S2. The molecule has 2 heterocycles. The molecule has 4 nitrogen and oxygen atoms in total. The topological polar surface area (TPSA) is 61.4 Å². The van der Waals surface area contributed by atoms with Crippen LogP contribution < -0.4 is 10.6 Å². The lowest BCUT2D eigenvalue weighted by Gasteiger charge is -2.07. The van der Waals surface area contributed by atoms with Crippen molar-refractivity contribution in [2.24, 2.45) is 0 Å². The van der Waals surface area contributed by atoms with Crippen LogP contribution in [0.5, 0.6) is 0 Å². The zero-order valence-electron chi connectivity index (χ0n) is 17.2. The highest BCUT2D eigenvalue weighted by Crippen LogP contribution is 2.37. The molecular weight excluding hydrogens is 400 g/mol.